The van der Waals surface area contributed by atoms with Gasteiger partial charge < -0.3 is 4.90 Å². The van der Waals surface area contributed by atoms with Gasteiger partial charge in [-0.05, 0) is 43.4 Å². The number of hydrogen-bond donors (Lipinski definition) is 0. The Labute approximate surface area is 104 Å². The topological polar surface area (TPSA) is 38.1 Å². The lowest BCUT2D eigenvalue weighted by Crippen LogP contribution is -2.26. The number of nitrogens with zero attached hydrogens (tertiary/aromatic N) is 3. The van der Waals surface area contributed by atoms with Crippen molar-refractivity contribution >= 4 is 28.5 Å². The molecule has 0 aliphatic carbocycles. The Hall–Kier alpha value is -0.590. The van der Waals surface area contributed by atoms with Crippen LogP contribution in [-0.4, -0.2) is 34.7 Å². The molecule has 0 atom stereocenters. The molecule has 0 bridgehead atoms. The molecule has 0 fully saturated rings. The van der Waals surface area contributed by atoms with Crippen LogP contribution in [0.3, 0.4) is 0 Å². The lowest BCUT2D eigenvalue weighted by atomic mass is 10.1. The molecule has 0 unspecified atom stereocenters. The number of carbonyl (C=O) groups is 1. The summed E-state index contributed by atoms with van der Waals surface area (Å²) in [5.41, 5.74) is 0.567. The van der Waals surface area contributed by atoms with Crippen molar-refractivity contribution in [3.05, 3.63) is 15.5 Å². The summed E-state index contributed by atoms with van der Waals surface area (Å²) in [6.45, 7) is 6.18. The van der Waals surface area contributed by atoms with Crippen molar-refractivity contribution in [1.82, 2.24) is 14.7 Å². The zero-order valence-corrected chi connectivity index (χ0v) is 11.9. The minimum atomic E-state index is -0.0959. The van der Waals surface area contributed by atoms with E-state index in [1.54, 1.807) is 25.2 Å². The van der Waals surface area contributed by atoms with Crippen LogP contribution in [0.5, 0.6) is 0 Å². The standard InChI is InChI=1S/C10H16IN3O/c1-10(2,3)14-8(11)7(6-12-14)9(15)13(4)5/h6H,1-5H3. The number of halogens is 1. The van der Waals surface area contributed by atoms with Crippen LogP contribution in [0.15, 0.2) is 6.20 Å². The fourth-order valence-electron chi connectivity index (χ4n) is 1.19. The Morgan fingerprint density at radius 1 is 1.47 bits per heavy atom. The third-order valence-corrected chi connectivity index (χ3v) is 3.02. The summed E-state index contributed by atoms with van der Waals surface area (Å²) in [7, 11) is 3.49. The Balaban J connectivity index is 3.16. The number of amides is 1. The number of rotatable bonds is 1. The fraction of sp³-hybridized carbons (Fsp3) is 0.600. The van der Waals surface area contributed by atoms with Crippen LogP contribution in [0.1, 0.15) is 31.1 Å². The third kappa shape index (κ3) is 2.50. The minimum absolute atomic E-state index is 0.00472. The van der Waals surface area contributed by atoms with Crippen molar-refractivity contribution in [2.75, 3.05) is 14.1 Å². The predicted molar refractivity (Wildman–Crippen MR) is 68.0 cm³/mol. The molecule has 0 spiro atoms. The fourth-order valence-corrected chi connectivity index (χ4v) is 2.40. The van der Waals surface area contributed by atoms with Crippen LogP contribution in [0, 0.1) is 3.70 Å². The molecule has 4 nitrogen and oxygen atoms in total. The van der Waals surface area contributed by atoms with E-state index in [4.69, 9.17) is 0 Å². The first-order valence-electron chi connectivity index (χ1n) is 4.71. The van der Waals surface area contributed by atoms with Crippen molar-refractivity contribution in [3.8, 4) is 0 Å². The monoisotopic (exact) mass is 321 g/mol. The molecule has 15 heavy (non-hydrogen) atoms. The molecule has 0 aromatic carbocycles. The first kappa shape index (κ1) is 12.5. The summed E-state index contributed by atoms with van der Waals surface area (Å²) in [5, 5.41) is 4.25. The molecule has 5 heteroatoms. The highest BCUT2D eigenvalue weighted by Gasteiger charge is 2.23. The van der Waals surface area contributed by atoms with Gasteiger partial charge >= 0.3 is 0 Å². The van der Waals surface area contributed by atoms with Gasteiger partial charge in [0.1, 0.15) is 3.70 Å². The molecule has 0 aliphatic heterocycles. The molecule has 1 aromatic heterocycles. The van der Waals surface area contributed by atoms with Gasteiger partial charge in [-0.3, -0.25) is 9.48 Å². The highest BCUT2D eigenvalue weighted by Crippen LogP contribution is 2.21. The molecule has 0 N–H and O–H groups in total. The number of carbonyl (C=O) groups excluding carboxylic acids is 1. The highest BCUT2D eigenvalue weighted by molar-refractivity contribution is 14.1. The normalized spacial score (nSPS) is 11.6. The summed E-state index contributed by atoms with van der Waals surface area (Å²) < 4.78 is 2.75. The predicted octanol–water partition coefficient (Wildman–Crippen LogP) is 1.94. The second-order valence-corrected chi connectivity index (χ2v) is 5.65. The number of hydrogen-bond acceptors (Lipinski definition) is 2. The van der Waals surface area contributed by atoms with E-state index in [9.17, 15) is 4.79 Å². The average Bonchev–Trinajstić information content (AvgIpc) is 2.44. The van der Waals surface area contributed by atoms with Gasteiger partial charge in [0.25, 0.3) is 5.91 Å². The Morgan fingerprint density at radius 2 is 2.00 bits per heavy atom. The van der Waals surface area contributed by atoms with Gasteiger partial charge in [-0.15, -0.1) is 0 Å². The van der Waals surface area contributed by atoms with E-state index in [2.05, 4.69) is 48.5 Å². The van der Waals surface area contributed by atoms with E-state index >= 15 is 0 Å². The third-order valence-electron chi connectivity index (χ3n) is 1.98. The zero-order chi connectivity index (χ0) is 11.8. The smallest absolute Gasteiger partial charge is 0.257 e. The molecule has 0 saturated heterocycles. The second-order valence-electron chi connectivity index (χ2n) is 4.63. The van der Waals surface area contributed by atoms with E-state index in [-0.39, 0.29) is 11.4 Å². The lowest BCUT2D eigenvalue weighted by molar-refractivity contribution is 0.0826. The summed E-state index contributed by atoms with van der Waals surface area (Å²) in [6, 6.07) is 0. The van der Waals surface area contributed by atoms with Crippen LogP contribution in [-0.2, 0) is 5.54 Å². The van der Waals surface area contributed by atoms with Gasteiger partial charge in [0, 0.05) is 14.1 Å². The Bertz CT molecular complexity index is 377. The molecule has 0 radical (unpaired) electrons. The average molecular weight is 321 g/mol. The van der Waals surface area contributed by atoms with E-state index < -0.39 is 0 Å². The molecule has 1 heterocycles. The van der Waals surface area contributed by atoms with Crippen molar-refractivity contribution in [1.29, 1.82) is 0 Å². The molecular weight excluding hydrogens is 305 g/mol. The van der Waals surface area contributed by atoms with E-state index in [1.165, 1.54) is 0 Å². The minimum Gasteiger partial charge on any atom is -0.345 e. The Kier molecular flexibility index (Phi) is 3.42. The quantitative estimate of drug-likeness (QED) is 0.742. The van der Waals surface area contributed by atoms with Crippen LogP contribution >= 0.6 is 22.6 Å². The molecule has 1 rings (SSSR count). The maximum atomic E-state index is 11.8. The van der Waals surface area contributed by atoms with Crippen molar-refractivity contribution in [3.63, 3.8) is 0 Å². The summed E-state index contributed by atoms with van der Waals surface area (Å²) >= 11 is 2.16. The van der Waals surface area contributed by atoms with Crippen LogP contribution in [0.25, 0.3) is 0 Å². The van der Waals surface area contributed by atoms with Crippen LogP contribution < -0.4 is 0 Å². The van der Waals surface area contributed by atoms with Crippen LogP contribution in [0.2, 0.25) is 0 Å². The largest absolute Gasteiger partial charge is 0.345 e. The van der Waals surface area contributed by atoms with Gasteiger partial charge in [0.05, 0.1) is 17.3 Å². The molecule has 1 aromatic rings. The first-order valence-corrected chi connectivity index (χ1v) is 5.78. The summed E-state index contributed by atoms with van der Waals surface area (Å²) in [6.07, 6.45) is 1.63. The van der Waals surface area contributed by atoms with Crippen LogP contribution in [0.4, 0.5) is 0 Å². The zero-order valence-electron chi connectivity index (χ0n) is 9.71. The number of aromatic nitrogens is 2. The molecule has 0 saturated carbocycles. The van der Waals surface area contributed by atoms with Gasteiger partial charge in [0.2, 0.25) is 0 Å². The molecule has 0 aliphatic rings. The maximum absolute atomic E-state index is 11.8. The highest BCUT2D eigenvalue weighted by atomic mass is 127. The van der Waals surface area contributed by atoms with Gasteiger partial charge in [-0.2, -0.15) is 5.10 Å². The SMILES string of the molecule is CN(C)C(=O)c1cnn(C(C)(C)C)c1I. The van der Waals surface area contributed by atoms with Crippen molar-refractivity contribution in [2.24, 2.45) is 0 Å². The maximum Gasteiger partial charge on any atom is 0.257 e. The molecule has 1 amide bonds. The van der Waals surface area contributed by atoms with E-state index in [0.717, 1.165) is 3.70 Å². The summed E-state index contributed by atoms with van der Waals surface area (Å²) in [5.74, 6) is -0.00472. The van der Waals surface area contributed by atoms with E-state index in [1.807, 2.05) is 4.68 Å². The second kappa shape index (κ2) is 4.11. The Morgan fingerprint density at radius 3 is 2.33 bits per heavy atom. The molecule has 84 valence electrons. The molecular formula is C10H16IN3O. The van der Waals surface area contributed by atoms with Gasteiger partial charge in [-0.25, -0.2) is 0 Å². The van der Waals surface area contributed by atoms with Crippen molar-refractivity contribution < 1.29 is 4.79 Å². The van der Waals surface area contributed by atoms with Gasteiger partial charge in [-0.1, -0.05) is 0 Å². The summed E-state index contributed by atoms with van der Waals surface area (Å²) in [4.78, 5) is 13.3. The van der Waals surface area contributed by atoms with Gasteiger partial charge in [0.15, 0.2) is 0 Å². The lowest BCUT2D eigenvalue weighted by Gasteiger charge is -2.20. The first-order chi connectivity index (χ1) is 6.75. The van der Waals surface area contributed by atoms with Crippen molar-refractivity contribution in [2.45, 2.75) is 26.3 Å². The van der Waals surface area contributed by atoms with E-state index in [0.29, 0.717) is 5.56 Å².